The largest absolute Gasteiger partial charge is 0.496 e. The van der Waals surface area contributed by atoms with E-state index in [1.165, 1.54) is 0 Å². The van der Waals surface area contributed by atoms with Gasteiger partial charge in [0.2, 0.25) is 0 Å². The average molecular weight is 384 g/mol. The number of methoxy groups -OCH3 is 2. The second-order valence-electron chi connectivity index (χ2n) is 6.16. The molecule has 0 fully saturated rings. The molecule has 0 aliphatic heterocycles. The Morgan fingerprint density at radius 3 is 2.61 bits per heavy atom. The molecule has 1 aromatic carbocycles. The SMILES string of the molecule is CCCc1c(C(=O)OCC)nnc2c(-c3ccccc3OC)c(COC)nn12. The minimum atomic E-state index is -0.497. The van der Waals surface area contributed by atoms with Gasteiger partial charge < -0.3 is 14.2 Å². The van der Waals surface area contributed by atoms with Crippen molar-refractivity contribution < 1.29 is 19.0 Å². The van der Waals surface area contributed by atoms with Crippen LogP contribution in [0.4, 0.5) is 0 Å². The number of nitrogens with zero attached hydrogens (tertiary/aromatic N) is 4. The van der Waals surface area contributed by atoms with E-state index in [9.17, 15) is 4.79 Å². The first kappa shape index (κ1) is 19.8. The molecule has 28 heavy (non-hydrogen) atoms. The second kappa shape index (κ2) is 8.79. The van der Waals surface area contributed by atoms with Gasteiger partial charge in [-0.3, -0.25) is 0 Å². The molecule has 0 bridgehead atoms. The summed E-state index contributed by atoms with van der Waals surface area (Å²) in [5.74, 6) is 0.200. The van der Waals surface area contributed by atoms with Crippen LogP contribution in [0.5, 0.6) is 5.75 Å². The van der Waals surface area contributed by atoms with Crippen molar-refractivity contribution in [2.45, 2.75) is 33.3 Å². The van der Waals surface area contributed by atoms with Crippen LogP contribution in [0.3, 0.4) is 0 Å². The summed E-state index contributed by atoms with van der Waals surface area (Å²) in [4.78, 5) is 12.4. The molecule has 0 saturated heterocycles. The molecule has 0 aliphatic rings. The van der Waals surface area contributed by atoms with Gasteiger partial charge in [0.1, 0.15) is 5.75 Å². The Morgan fingerprint density at radius 2 is 1.93 bits per heavy atom. The van der Waals surface area contributed by atoms with Crippen LogP contribution in [-0.2, 0) is 22.5 Å². The first-order chi connectivity index (χ1) is 13.7. The van der Waals surface area contributed by atoms with Crippen molar-refractivity contribution in [2.24, 2.45) is 0 Å². The number of para-hydroxylation sites is 1. The molecule has 8 heteroatoms. The molecule has 0 saturated carbocycles. The topological polar surface area (TPSA) is 87.8 Å². The first-order valence-corrected chi connectivity index (χ1v) is 9.22. The van der Waals surface area contributed by atoms with Gasteiger partial charge in [0.15, 0.2) is 11.3 Å². The van der Waals surface area contributed by atoms with Crippen molar-refractivity contribution in [1.29, 1.82) is 0 Å². The zero-order valence-electron chi connectivity index (χ0n) is 16.6. The van der Waals surface area contributed by atoms with Crippen molar-refractivity contribution in [3.05, 3.63) is 41.3 Å². The van der Waals surface area contributed by atoms with Crippen molar-refractivity contribution >= 4 is 11.6 Å². The molecule has 0 atom stereocenters. The number of aryl methyl sites for hydroxylation is 1. The van der Waals surface area contributed by atoms with Crippen LogP contribution in [0.15, 0.2) is 24.3 Å². The van der Waals surface area contributed by atoms with Crippen molar-refractivity contribution in [3.8, 4) is 16.9 Å². The highest BCUT2D eigenvalue weighted by atomic mass is 16.5. The van der Waals surface area contributed by atoms with Crippen molar-refractivity contribution in [3.63, 3.8) is 0 Å². The quantitative estimate of drug-likeness (QED) is 0.552. The van der Waals surface area contributed by atoms with E-state index in [0.29, 0.717) is 29.2 Å². The number of hydrogen-bond donors (Lipinski definition) is 0. The molecule has 2 aromatic heterocycles. The Balaban J connectivity index is 2.31. The van der Waals surface area contributed by atoms with Crippen LogP contribution < -0.4 is 4.74 Å². The maximum absolute atomic E-state index is 12.4. The maximum Gasteiger partial charge on any atom is 0.360 e. The summed E-state index contributed by atoms with van der Waals surface area (Å²) < 4.78 is 17.7. The Labute approximate surface area is 163 Å². The minimum absolute atomic E-state index is 0.189. The van der Waals surface area contributed by atoms with Gasteiger partial charge in [-0.15, -0.1) is 10.2 Å². The molecule has 0 N–H and O–H groups in total. The average Bonchev–Trinajstić information content (AvgIpc) is 3.07. The van der Waals surface area contributed by atoms with Crippen LogP contribution in [0, 0.1) is 0 Å². The number of carbonyl (C=O) groups excluding carboxylic acids is 1. The lowest BCUT2D eigenvalue weighted by Gasteiger charge is -2.10. The number of aromatic nitrogens is 4. The number of rotatable bonds is 8. The van der Waals surface area contributed by atoms with Crippen LogP contribution in [0.2, 0.25) is 0 Å². The smallest absolute Gasteiger partial charge is 0.360 e. The van der Waals surface area contributed by atoms with E-state index in [4.69, 9.17) is 19.3 Å². The summed E-state index contributed by atoms with van der Waals surface area (Å²) in [6.07, 6.45) is 1.43. The lowest BCUT2D eigenvalue weighted by atomic mass is 10.0. The van der Waals surface area contributed by atoms with Gasteiger partial charge >= 0.3 is 5.97 Å². The van der Waals surface area contributed by atoms with Gasteiger partial charge in [0.25, 0.3) is 0 Å². The highest BCUT2D eigenvalue weighted by Gasteiger charge is 2.25. The molecule has 8 nitrogen and oxygen atoms in total. The normalized spacial score (nSPS) is 11.0. The Kier molecular flexibility index (Phi) is 6.20. The Morgan fingerprint density at radius 1 is 1.14 bits per heavy atom. The molecule has 0 aliphatic carbocycles. The van der Waals surface area contributed by atoms with E-state index in [0.717, 1.165) is 17.5 Å². The van der Waals surface area contributed by atoms with E-state index >= 15 is 0 Å². The molecule has 0 amide bonds. The molecule has 3 aromatic rings. The monoisotopic (exact) mass is 384 g/mol. The maximum atomic E-state index is 12.4. The van der Waals surface area contributed by atoms with E-state index in [2.05, 4.69) is 10.2 Å². The molecular formula is C20H24N4O4. The number of ether oxygens (including phenoxy) is 3. The van der Waals surface area contributed by atoms with Gasteiger partial charge in [-0.05, 0) is 19.4 Å². The molecule has 0 spiro atoms. The summed E-state index contributed by atoms with van der Waals surface area (Å²) in [7, 11) is 3.23. The molecule has 3 rings (SSSR count). The first-order valence-electron chi connectivity index (χ1n) is 9.22. The number of esters is 1. The molecule has 0 unspecified atom stereocenters. The number of hydrogen-bond acceptors (Lipinski definition) is 7. The Bertz CT molecular complexity index is 984. The fraction of sp³-hybridized carbons (Fsp3) is 0.400. The van der Waals surface area contributed by atoms with Crippen LogP contribution in [0.1, 0.15) is 42.1 Å². The van der Waals surface area contributed by atoms with Gasteiger partial charge in [-0.1, -0.05) is 31.5 Å². The third kappa shape index (κ3) is 3.55. The molecular weight excluding hydrogens is 360 g/mol. The van der Waals surface area contributed by atoms with E-state index in [1.54, 1.807) is 25.7 Å². The third-order valence-electron chi connectivity index (χ3n) is 4.32. The highest BCUT2D eigenvalue weighted by Crippen LogP contribution is 2.35. The predicted molar refractivity (Wildman–Crippen MR) is 103 cm³/mol. The van der Waals surface area contributed by atoms with Gasteiger partial charge in [-0.2, -0.15) is 5.10 Å². The summed E-state index contributed by atoms with van der Waals surface area (Å²) in [6, 6.07) is 7.64. The highest BCUT2D eigenvalue weighted by molar-refractivity contribution is 5.89. The van der Waals surface area contributed by atoms with Crippen LogP contribution in [0.25, 0.3) is 16.8 Å². The zero-order chi connectivity index (χ0) is 20.1. The van der Waals surface area contributed by atoms with Crippen molar-refractivity contribution in [2.75, 3.05) is 20.8 Å². The van der Waals surface area contributed by atoms with Gasteiger partial charge in [0.05, 0.1) is 37.3 Å². The number of carbonyl (C=O) groups is 1. The molecule has 148 valence electrons. The van der Waals surface area contributed by atoms with Crippen molar-refractivity contribution in [1.82, 2.24) is 19.8 Å². The summed E-state index contributed by atoms with van der Waals surface area (Å²) >= 11 is 0. The van der Waals surface area contributed by atoms with E-state index < -0.39 is 5.97 Å². The molecule has 2 heterocycles. The lowest BCUT2D eigenvalue weighted by Crippen LogP contribution is -2.16. The van der Waals surface area contributed by atoms with E-state index in [1.807, 2.05) is 31.2 Å². The second-order valence-corrected chi connectivity index (χ2v) is 6.16. The molecule has 0 radical (unpaired) electrons. The summed E-state index contributed by atoms with van der Waals surface area (Å²) in [5, 5.41) is 13.2. The van der Waals surface area contributed by atoms with Crippen LogP contribution in [-0.4, -0.2) is 46.6 Å². The predicted octanol–water partition coefficient (Wildman–Crippen LogP) is 3.08. The number of fused-ring (bicyclic) bond motifs is 1. The van der Waals surface area contributed by atoms with Gasteiger partial charge in [-0.25, -0.2) is 9.31 Å². The summed E-state index contributed by atoms with van der Waals surface area (Å²) in [5.41, 5.74) is 3.72. The minimum Gasteiger partial charge on any atom is -0.496 e. The van der Waals surface area contributed by atoms with Gasteiger partial charge in [0, 0.05) is 12.7 Å². The van der Waals surface area contributed by atoms with E-state index in [-0.39, 0.29) is 18.9 Å². The fourth-order valence-electron chi connectivity index (χ4n) is 3.17. The lowest BCUT2D eigenvalue weighted by molar-refractivity contribution is 0.0515. The number of benzene rings is 1. The van der Waals surface area contributed by atoms with Crippen LogP contribution >= 0.6 is 0 Å². The fourth-order valence-corrected chi connectivity index (χ4v) is 3.17. The Hall–Kier alpha value is -3.00. The third-order valence-corrected chi connectivity index (χ3v) is 4.32. The standard InChI is InChI=1S/C20H24N4O4/c1-5-9-15-18(20(25)28-6-2)21-22-19-17(14(12-26-3)23-24(15)19)13-10-7-8-11-16(13)27-4/h7-8,10-11H,5-6,9,12H2,1-4H3. The summed E-state index contributed by atoms with van der Waals surface area (Å²) in [6.45, 7) is 4.34. The zero-order valence-corrected chi connectivity index (χ0v) is 16.6.